The summed E-state index contributed by atoms with van der Waals surface area (Å²) < 4.78 is 0. The number of halogens is 4. The normalized spacial score (nSPS) is 30.8. The van der Waals surface area contributed by atoms with Crippen molar-refractivity contribution in [3.63, 3.8) is 0 Å². The second kappa shape index (κ2) is 6.84. The van der Waals surface area contributed by atoms with Gasteiger partial charge in [0.05, 0.1) is 28.2 Å². The Morgan fingerprint density at radius 1 is 0.906 bits per heavy atom. The van der Waals surface area contributed by atoms with Gasteiger partial charge in [0.25, 0.3) is 5.91 Å². The van der Waals surface area contributed by atoms with Crippen LogP contribution in [0.5, 0.6) is 0 Å². The first kappa shape index (κ1) is 20.8. The molecule has 32 heavy (non-hydrogen) atoms. The molecule has 3 fully saturated rings. The van der Waals surface area contributed by atoms with Crippen molar-refractivity contribution < 1.29 is 14.4 Å². The summed E-state index contributed by atoms with van der Waals surface area (Å²) in [6.45, 7) is 0.595. The molecule has 0 bridgehead atoms. The first-order chi connectivity index (χ1) is 15.2. The number of carbonyl (C=O) groups is 3. The van der Waals surface area contributed by atoms with Gasteiger partial charge in [-0.15, -0.1) is 0 Å². The predicted octanol–water partition coefficient (Wildman–Crippen LogP) is 4.73. The molecule has 3 amide bonds. The van der Waals surface area contributed by atoms with E-state index >= 15 is 0 Å². The molecule has 2 aromatic rings. The Morgan fingerprint density at radius 3 is 2.31 bits per heavy atom. The Kier molecular flexibility index (Phi) is 4.44. The highest BCUT2D eigenvalue weighted by atomic mass is 35.5. The molecule has 0 radical (unpaired) electrons. The summed E-state index contributed by atoms with van der Waals surface area (Å²) in [6.07, 6.45) is 1.53. The summed E-state index contributed by atoms with van der Waals surface area (Å²) in [6, 6.07) is 7.57. The van der Waals surface area contributed by atoms with Crippen molar-refractivity contribution in [1.82, 2.24) is 4.90 Å². The molecule has 0 aliphatic carbocycles. The lowest BCUT2D eigenvalue weighted by molar-refractivity contribution is -0.135. The van der Waals surface area contributed by atoms with E-state index in [1.54, 1.807) is 12.1 Å². The lowest BCUT2D eigenvalue weighted by Gasteiger charge is -2.36. The van der Waals surface area contributed by atoms with Gasteiger partial charge >= 0.3 is 0 Å². The maximum Gasteiger partial charge on any atom is 0.250 e. The third-order valence-electron chi connectivity index (χ3n) is 7.12. The quantitative estimate of drug-likeness (QED) is 0.563. The number of benzene rings is 2. The Hall–Kier alpha value is -1.83. The Morgan fingerprint density at radius 2 is 1.59 bits per heavy atom. The van der Waals surface area contributed by atoms with Gasteiger partial charge in [0, 0.05) is 26.7 Å². The summed E-state index contributed by atoms with van der Waals surface area (Å²) in [7, 11) is 0. The number of hydrogen-bond donors (Lipinski definition) is 1. The van der Waals surface area contributed by atoms with Crippen LogP contribution < -0.4 is 10.2 Å². The summed E-state index contributed by atoms with van der Waals surface area (Å²) in [5.41, 5.74) is -0.0581. The van der Waals surface area contributed by atoms with Crippen molar-refractivity contribution in [2.45, 2.75) is 24.4 Å². The average Bonchev–Trinajstić information content (AvgIpc) is 3.40. The van der Waals surface area contributed by atoms with Crippen LogP contribution in [0.25, 0.3) is 0 Å². The molecule has 0 saturated carbocycles. The van der Waals surface area contributed by atoms with Crippen LogP contribution in [0.1, 0.15) is 18.4 Å². The molecule has 2 aromatic carbocycles. The van der Waals surface area contributed by atoms with Gasteiger partial charge in [-0.3, -0.25) is 19.3 Å². The van der Waals surface area contributed by atoms with Crippen LogP contribution in [0.2, 0.25) is 20.1 Å². The van der Waals surface area contributed by atoms with Crippen LogP contribution >= 0.6 is 46.4 Å². The summed E-state index contributed by atoms with van der Waals surface area (Å²) in [5.74, 6) is -2.73. The van der Waals surface area contributed by atoms with Gasteiger partial charge < -0.3 is 5.32 Å². The minimum absolute atomic E-state index is 0.245. The first-order valence-corrected chi connectivity index (χ1v) is 11.7. The van der Waals surface area contributed by atoms with Gasteiger partial charge in [-0.05, 0) is 49.7 Å². The van der Waals surface area contributed by atoms with Gasteiger partial charge in [-0.25, -0.2) is 4.90 Å². The number of nitrogens with zero attached hydrogens (tertiary/aromatic N) is 2. The second-order valence-electron chi connectivity index (χ2n) is 8.58. The zero-order chi connectivity index (χ0) is 22.5. The van der Waals surface area contributed by atoms with E-state index in [1.807, 2.05) is 4.90 Å². The van der Waals surface area contributed by atoms with E-state index in [0.717, 1.165) is 11.3 Å². The van der Waals surface area contributed by atoms with Gasteiger partial charge in [-0.1, -0.05) is 46.4 Å². The standard InChI is InChI=1S/C22H15Cl4N3O3/c23-9-4-10(24)6-12(5-9)29-19(30)16-15-2-1-3-28(15)22(17(16)20(29)31)13-7-11(25)8-14(26)18(13)27-21(22)32/h4-8,15-17H,1-3H2,(H,27,32)/t15-,16?,17-,22+/m0/s1. The van der Waals surface area contributed by atoms with Crippen molar-refractivity contribution >= 4 is 75.5 Å². The fourth-order valence-electron chi connectivity index (χ4n) is 6.15. The summed E-state index contributed by atoms with van der Waals surface area (Å²) in [5, 5.41) is 4.14. The zero-order valence-electron chi connectivity index (χ0n) is 16.4. The van der Waals surface area contributed by atoms with E-state index in [9.17, 15) is 14.4 Å². The third-order valence-corrected chi connectivity index (χ3v) is 8.08. The fourth-order valence-corrected chi connectivity index (χ4v) is 7.20. The lowest BCUT2D eigenvalue weighted by Crippen LogP contribution is -2.54. The molecule has 0 aromatic heterocycles. The van der Waals surface area contributed by atoms with E-state index < -0.39 is 23.3 Å². The van der Waals surface area contributed by atoms with Crippen molar-refractivity contribution in [2.75, 3.05) is 16.8 Å². The number of anilines is 2. The fraction of sp³-hybridized carbons (Fsp3) is 0.318. The van der Waals surface area contributed by atoms with Crippen LogP contribution in [0.4, 0.5) is 11.4 Å². The van der Waals surface area contributed by atoms with Crippen LogP contribution in [0, 0.1) is 11.8 Å². The highest BCUT2D eigenvalue weighted by Crippen LogP contribution is 2.61. The second-order valence-corrected chi connectivity index (χ2v) is 10.3. The van der Waals surface area contributed by atoms with Crippen LogP contribution in [0.3, 0.4) is 0 Å². The molecule has 10 heteroatoms. The largest absolute Gasteiger partial charge is 0.323 e. The van der Waals surface area contributed by atoms with E-state index in [2.05, 4.69) is 5.32 Å². The van der Waals surface area contributed by atoms with Gasteiger partial charge in [0.15, 0.2) is 0 Å². The number of hydrogen-bond acceptors (Lipinski definition) is 4. The van der Waals surface area contributed by atoms with Crippen LogP contribution in [-0.2, 0) is 19.9 Å². The molecule has 4 aliphatic rings. The maximum atomic E-state index is 13.9. The first-order valence-electron chi connectivity index (χ1n) is 10.2. The predicted molar refractivity (Wildman–Crippen MR) is 122 cm³/mol. The molecule has 6 nitrogen and oxygen atoms in total. The van der Waals surface area contributed by atoms with Gasteiger partial charge in [0.1, 0.15) is 5.54 Å². The van der Waals surface area contributed by atoms with E-state index in [1.165, 1.54) is 18.2 Å². The SMILES string of the molecule is O=C1C2[C@@H](C(=O)N1c1cc(Cl)cc(Cl)c1)[C@]1(C(=O)Nc3c(Cl)cc(Cl)cc31)N1CCC[C@@H]21. The number of amides is 3. The van der Waals surface area contributed by atoms with Crippen molar-refractivity contribution in [2.24, 2.45) is 11.8 Å². The molecule has 1 N–H and O–H groups in total. The lowest BCUT2D eigenvalue weighted by atomic mass is 9.75. The van der Waals surface area contributed by atoms with Crippen LogP contribution in [-0.4, -0.2) is 35.2 Å². The van der Waals surface area contributed by atoms with E-state index in [4.69, 9.17) is 46.4 Å². The number of nitrogens with one attached hydrogen (secondary N) is 1. The van der Waals surface area contributed by atoms with Crippen molar-refractivity contribution in [3.8, 4) is 0 Å². The van der Waals surface area contributed by atoms with E-state index in [-0.39, 0.29) is 17.9 Å². The molecule has 1 spiro atoms. The minimum Gasteiger partial charge on any atom is -0.323 e. The molecule has 3 saturated heterocycles. The molecule has 4 heterocycles. The number of rotatable bonds is 1. The highest BCUT2D eigenvalue weighted by molar-refractivity contribution is 6.38. The number of fused-ring (bicyclic) bond motifs is 7. The Balaban J connectivity index is 1.58. The molecule has 6 rings (SSSR count). The van der Waals surface area contributed by atoms with Crippen molar-refractivity contribution in [1.29, 1.82) is 0 Å². The van der Waals surface area contributed by atoms with Crippen LogP contribution in [0.15, 0.2) is 30.3 Å². The summed E-state index contributed by atoms with van der Waals surface area (Å²) >= 11 is 25.0. The Labute approximate surface area is 203 Å². The zero-order valence-corrected chi connectivity index (χ0v) is 19.4. The molecule has 4 atom stereocenters. The highest BCUT2D eigenvalue weighted by Gasteiger charge is 2.74. The molecule has 1 unspecified atom stereocenters. The topological polar surface area (TPSA) is 69.7 Å². The number of carbonyl (C=O) groups excluding carboxylic acids is 3. The summed E-state index contributed by atoms with van der Waals surface area (Å²) in [4.78, 5) is 44.3. The monoisotopic (exact) mass is 509 g/mol. The van der Waals surface area contributed by atoms with Gasteiger partial charge in [-0.2, -0.15) is 0 Å². The smallest absolute Gasteiger partial charge is 0.250 e. The average molecular weight is 511 g/mol. The molecule has 4 aliphatic heterocycles. The molecular weight excluding hydrogens is 496 g/mol. The molecular formula is C22H15Cl4N3O3. The van der Waals surface area contributed by atoms with Gasteiger partial charge in [0.2, 0.25) is 11.8 Å². The van der Waals surface area contributed by atoms with Crippen molar-refractivity contribution in [3.05, 3.63) is 56.0 Å². The third kappa shape index (κ3) is 2.45. The number of imide groups is 1. The maximum absolute atomic E-state index is 13.9. The Bertz CT molecular complexity index is 1230. The van der Waals surface area contributed by atoms with E-state index in [0.29, 0.717) is 50.0 Å². The molecule has 164 valence electrons. The minimum atomic E-state index is -1.35.